The van der Waals surface area contributed by atoms with Gasteiger partial charge in [0.1, 0.15) is 5.69 Å². The lowest BCUT2D eigenvalue weighted by atomic mass is 10.2. The van der Waals surface area contributed by atoms with E-state index in [1.54, 1.807) is 17.2 Å². The van der Waals surface area contributed by atoms with Gasteiger partial charge in [-0.15, -0.1) is 0 Å². The van der Waals surface area contributed by atoms with Gasteiger partial charge in [-0.1, -0.05) is 20.8 Å². The number of aromatic nitrogens is 1. The van der Waals surface area contributed by atoms with Gasteiger partial charge in [0.2, 0.25) is 0 Å². The predicted molar refractivity (Wildman–Crippen MR) is 84.0 cm³/mol. The minimum atomic E-state index is -0.110. The number of nitrogens with zero attached hydrogens (tertiary/aromatic N) is 3. The van der Waals surface area contributed by atoms with Crippen molar-refractivity contribution in [3.63, 3.8) is 0 Å². The zero-order valence-electron chi connectivity index (χ0n) is 13.1. The molecule has 0 radical (unpaired) electrons. The van der Waals surface area contributed by atoms with Crippen molar-refractivity contribution in [2.45, 2.75) is 33.6 Å². The highest BCUT2D eigenvalue weighted by Crippen LogP contribution is 2.10. The quantitative estimate of drug-likeness (QED) is 0.798. The molecule has 5 heteroatoms. The summed E-state index contributed by atoms with van der Waals surface area (Å²) in [6.45, 7) is 8.17. The first kappa shape index (κ1) is 17.0. The summed E-state index contributed by atoms with van der Waals surface area (Å²) in [5.74, 6) is 0.249. The Morgan fingerprint density at radius 3 is 2.76 bits per heavy atom. The third kappa shape index (κ3) is 5.82. The molecule has 0 spiro atoms. The van der Waals surface area contributed by atoms with E-state index in [2.05, 4.69) is 37.1 Å². The lowest BCUT2D eigenvalue weighted by Crippen LogP contribution is -2.35. The number of carbonyl (C=O) groups is 1. The topological polar surface area (TPSA) is 69.0 Å². The van der Waals surface area contributed by atoms with Crippen molar-refractivity contribution < 1.29 is 4.79 Å². The summed E-state index contributed by atoms with van der Waals surface area (Å²) in [5, 5.41) is 11.9. The summed E-state index contributed by atoms with van der Waals surface area (Å²) >= 11 is 0. The van der Waals surface area contributed by atoms with Crippen LogP contribution < -0.4 is 5.32 Å². The van der Waals surface area contributed by atoms with E-state index in [0.717, 1.165) is 18.7 Å². The molecule has 114 valence electrons. The van der Waals surface area contributed by atoms with Crippen LogP contribution in [0.4, 0.5) is 5.69 Å². The molecular weight excluding hydrogens is 264 g/mol. The van der Waals surface area contributed by atoms with E-state index in [9.17, 15) is 4.79 Å². The predicted octanol–water partition coefficient (Wildman–Crippen LogP) is 2.92. The number of pyridine rings is 1. The summed E-state index contributed by atoms with van der Waals surface area (Å²) in [4.78, 5) is 18.4. The van der Waals surface area contributed by atoms with Gasteiger partial charge >= 0.3 is 0 Å². The molecule has 5 nitrogen and oxygen atoms in total. The van der Waals surface area contributed by atoms with E-state index in [1.165, 1.54) is 0 Å². The normalized spacial score (nSPS) is 10.2. The molecule has 0 aliphatic rings. The standard InChI is InChI=1S/C16H24N4O/c1-4-9-18-14-6-7-15(19-11-14)16(21)20(10-5-8-17)12-13(2)3/h6-7,11,13,18H,4-5,9-10,12H2,1-3H3. The third-order valence-electron chi connectivity index (χ3n) is 2.93. The molecule has 0 aromatic carbocycles. The van der Waals surface area contributed by atoms with Gasteiger partial charge in [0, 0.05) is 19.6 Å². The van der Waals surface area contributed by atoms with E-state index < -0.39 is 0 Å². The number of anilines is 1. The minimum absolute atomic E-state index is 0.110. The highest BCUT2D eigenvalue weighted by Gasteiger charge is 2.17. The van der Waals surface area contributed by atoms with Gasteiger partial charge in [-0.25, -0.2) is 4.98 Å². The number of carbonyl (C=O) groups excluding carboxylic acids is 1. The van der Waals surface area contributed by atoms with Gasteiger partial charge < -0.3 is 10.2 Å². The van der Waals surface area contributed by atoms with Gasteiger partial charge in [0.05, 0.1) is 24.4 Å². The van der Waals surface area contributed by atoms with Gasteiger partial charge in [-0.2, -0.15) is 5.26 Å². The molecule has 0 unspecified atom stereocenters. The first-order valence-electron chi connectivity index (χ1n) is 7.44. The van der Waals surface area contributed by atoms with E-state index in [0.29, 0.717) is 31.1 Å². The van der Waals surface area contributed by atoms with Crippen LogP contribution in [-0.2, 0) is 0 Å². The highest BCUT2D eigenvalue weighted by atomic mass is 16.2. The Hall–Kier alpha value is -2.09. The van der Waals surface area contributed by atoms with E-state index in [1.807, 2.05) is 6.07 Å². The van der Waals surface area contributed by atoms with Crippen molar-refractivity contribution in [2.75, 3.05) is 25.0 Å². The van der Waals surface area contributed by atoms with Crippen molar-refractivity contribution in [2.24, 2.45) is 5.92 Å². The SMILES string of the molecule is CCCNc1ccc(C(=O)N(CCC#N)CC(C)C)nc1. The highest BCUT2D eigenvalue weighted by molar-refractivity contribution is 5.92. The third-order valence-corrected chi connectivity index (χ3v) is 2.93. The van der Waals surface area contributed by atoms with Crippen molar-refractivity contribution in [3.05, 3.63) is 24.0 Å². The Balaban J connectivity index is 2.75. The van der Waals surface area contributed by atoms with Crippen LogP contribution in [0.5, 0.6) is 0 Å². The van der Waals surface area contributed by atoms with Gasteiger partial charge in [0.15, 0.2) is 0 Å². The van der Waals surface area contributed by atoms with Crippen LogP contribution in [-0.4, -0.2) is 35.4 Å². The summed E-state index contributed by atoms with van der Waals surface area (Å²) in [6, 6.07) is 5.69. The number of hydrogen-bond donors (Lipinski definition) is 1. The number of rotatable bonds is 8. The molecule has 1 N–H and O–H groups in total. The molecule has 1 amide bonds. The lowest BCUT2D eigenvalue weighted by Gasteiger charge is -2.23. The average Bonchev–Trinajstić information content (AvgIpc) is 2.49. The van der Waals surface area contributed by atoms with Crippen molar-refractivity contribution in [1.29, 1.82) is 5.26 Å². The second-order valence-corrected chi connectivity index (χ2v) is 5.41. The molecule has 1 rings (SSSR count). The molecular formula is C16H24N4O. The fraction of sp³-hybridized carbons (Fsp3) is 0.562. The summed E-state index contributed by atoms with van der Waals surface area (Å²) in [7, 11) is 0. The molecule has 21 heavy (non-hydrogen) atoms. The van der Waals surface area contributed by atoms with Crippen LogP contribution in [0.1, 0.15) is 44.1 Å². The van der Waals surface area contributed by atoms with E-state index in [-0.39, 0.29) is 5.91 Å². The number of nitriles is 1. The van der Waals surface area contributed by atoms with Crippen LogP contribution >= 0.6 is 0 Å². The summed E-state index contributed by atoms with van der Waals surface area (Å²) in [5.41, 5.74) is 1.34. The number of nitrogens with one attached hydrogen (secondary N) is 1. The van der Waals surface area contributed by atoms with Crippen LogP contribution in [0.3, 0.4) is 0 Å². The fourth-order valence-electron chi connectivity index (χ4n) is 1.96. The molecule has 0 saturated carbocycles. The molecule has 1 aromatic heterocycles. The number of amides is 1. The fourth-order valence-corrected chi connectivity index (χ4v) is 1.96. The van der Waals surface area contributed by atoms with Crippen molar-refractivity contribution in [3.8, 4) is 6.07 Å². The molecule has 1 aromatic rings. The maximum Gasteiger partial charge on any atom is 0.272 e. The maximum atomic E-state index is 12.4. The molecule has 1 heterocycles. The Labute approximate surface area is 127 Å². The second-order valence-electron chi connectivity index (χ2n) is 5.41. The van der Waals surface area contributed by atoms with Crippen LogP contribution in [0.25, 0.3) is 0 Å². The minimum Gasteiger partial charge on any atom is -0.384 e. The molecule has 0 saturated heterocycles. The second kappa shape index (κ2) is 8.96. The molecule has 0 fully saturated rings. The molecule has 0 bridgehead atoms. The molecule has 0 aliphatic heterocycles. The Morgan fingerprint density at radius 2 is 2.24 bits per heavy atom. The first-order valence-corrected chi connectivity index (χ1v) is 7.44. The first-order chi connectivity index (χ1) is 10.1. The lowest BCUT2D eigenvalue weighted by molar-refractivity contribution is 0.0734. The Kier molecular flexibility index (Phi) is 7.24. The summed E-state index contributed by atoms with van der Waals surface area (Å²) in [6.07, 6.45) is 3.06. The Bertz CT molecular complexity index is 476. The molecule has 0 atom stereocenters. The molecule has 0 aliphatic carbocycles. The maximum absolute atomic E-state index is 12.4. The van der Waals surface area contributed by atoms with Crippen molar-refractivity contribution in [1.82, 2.24) is 9.88 Å². The smallest absolute Gasteiger partial charge is 0.272 e. The average molecular weight is 288 g/mol. The monoisotopic (exact) mass is 288 g/mol. The largest absolute Gasteiger partial charge is 0.384 e. The van der Waals surface area contributed by atoms with Gasteiger partial charge in [-0.05, 0) is 24.5 Å². The van der Waals surface area contributed by atoms with Crippen LogP contribution in [0.2, 0.25) is 0 Å². The summed E-state index contributed by atoms with van der Waals surface area (Å²) < 4.78 is 0. The van der Waals surface area contributed by atoms with Gasteiger partial charge in [0.25, 0.3) is 5.91 Å². The zero-order valence-corrected chi connectivity index (χ0v) is 13.1. The Morgan fingerprint density at radius 1 is 1.48 bits per heavy atom. The van der Waals surface area contributed by atoms with Gasteiger partial charge in [-0.3, -0.25) is 4.79 Å². The van der Waals surface area contributed by atoms with Crippen LogP contribution in [0.15, 0.2) is 18.3 Å². The van der Waals surface area contributed by atoms with Crippen LogP contribution in [0, 0.1) is 17.2 Å². The zero-order chi connectivity index (χ0) is 15.7. The van der Waals surface area contributed by atoms with E-state index in [4.69, 9.17) is 5.26 Å². The van der Waals surface area contributed by atoms with Crippen molar-refractivity contribution >= 4 is 11.6 Å². The number of hydrogen-bond acceptors (Lipinski definition) is 4. The van der Waals surface area contributed by atoms with E-state index >= 15 is 0 Å².